The van der Waals surface area contributed by atoms with E-state index in [1.54, 1.807) is 13.8 Å². The molecule has 1 aromatic carbocycles. The molecule has 0 unspecified atom stereocenters. The van der Waals surface area contributed by atoms with Gasteiger partial charge in [-0.15, -0.1) is 0 Å². The Labute approximate surface area is 198 Å². The molecule has 9 nitrogen and oxygen atoms in total. The van der Waals surface area contributed by atoms with Crippen LogP contribution in [0.15, 0.2) is 30.3 Å². The SMILES string of the molecule is CCOP(=O)(CN(CCN(C(=O)OCc1ccccc1)[C@@H](CC)CO)[C@@H](CC)CO)OCC. The smallest absolute Gasteiger partial charge is 0.410 e. The van der Waals surface area contributed by atoms with E-state index in [0.29, 0.717) is 19.4 Å². The molecule has 0 spiro atoms. The van der Waals surface area contributed by atoms with Crippen molar-refractivity contribution in [3.05, 3.63) is 35.9 Å². The molecule has 2 atom stereocenters. The third-order valence-electron chi connectivity index (χ3n) is 5.40. The molecule has 0 heterocycles. The fourth-order valence-electron chi connectivity index (χ4n) is 3.52. The highest BCUT2D eigenvalue weighted by molar-refractivity contribution is 7.53. The number of rotatable bonds is 17. The predicted octanol–water partition coefficient (Wildman–Crippen LogP) is 3.69. The van der Waals surface area contributed by atoms with Crippen molar-refractivity contribution in [1.29, 1.82) is 0 Å². The van der Waals surface area contributed by atoms with Gasteiger partial charge in [-0.25, -0.2) is 4.79 Å². The summed E-state index contributed by atoms with van der Waals surface area (Å²) in [5.41, 5.74) is 0.866. The first kappa shape index (κ1) is 29.6. The van der Waals surface area contributed by atoms with Crippen molar-refractivity contribution >= 4 is 13.7 Å². The van der Waals surface area contributed by atoms with Gasteiger partial charge in [0, 0.05) is 19.1 Å². The lowest BCUT2D eigenvalue weighted by Crippen LogP contribution is -2.49. The van der Waals surface area contributed by atoms with Gasteiger partial charge in [-0.2, -0.15) is 0 Å². The number of amides is 1. The fraction of sp³-hybridized carbons (Fsp3) is 0.696. The van der Waals surface area contributed by atoms with Gasteiger partial charge in [0.25, 0.3) is 0 Å². The maximum atomic E-state index is 13.1. The molecule has 1 amide bonds. The van der Waals surface area contributed by atoms with Crippen molar-refractivity contribution in [2.75, 3.05) is 45.8 Å². The van der Waals surface area contributed by atoms with E-state index in [1.807, 2.05) is 49.1 Å². The Morgan fingerprint density at radius 2 is 1.52 bits per heavy atom. The third-order valence-corrected chi connectivity index (χ3v) is 7.41. The zero-order chi connectivity index (χ0) is 24.7. The number of nitrogens with zero attached hydrogens (tertiary/aromatic N) is 2. The first-order valence-electron chi connectivity index (χ1n) is 11.7. The van der Waals surface area contributed by atoms with Crippen LogP contribution in [0.25, 0.3) is 0 Å². The predicted molar refractivity (Wildman–Crippen MR) is 128 cm³/mol. The fourth-order valence-corrected chi connectivity index (χ4v) is 5.36. The lowest BCUT2D eigenvalue weighted by molar-refractivity contribution is 0.0512. The van der Waals surface area contributed by atoms with E-state index in [-0.39, 0.29) is 51.9 Å². The van der Waals surface area contributed by atoms with E-state index in [1.165, 1.54) is 4.90 Å². The molecule has 10 heteroatoms. The number of carbonyl (C=O) groups is 1. The first-order valence-corrected chi connectivity index (χ1v) is 13.4. The molecule has 33 heavy (non-hydrogen) atoms. The number of hydrogen-bond donors (Lipinski definition) is 2. The Morgan fingerprint density at radius 1 is 0.939 bits per heavy atom. The molecule has 0 aliphatic rings. The van der Waals surface area contributed by atoms with Crippen LogP contribution in [-0.2, 0) is 25.0 Å². The summed E-state index contributed by atoms with van der Waals surface area (Å²) >= 11 is 0. The van der Waals surface area contributed by atoms with Crippen LogP contribution in [0.2, 0.25) is 0 Å². The minimum Gasteiger partial charge on any atom is -0.445 e. The van der Waals surface area contributed by atoms with E-state index in [9.17, 15) is 19.6 Å². The number of benzene rings is 1. The average molecular weight is 489 g/mol. The molecule has 0 aromatic heterocycles. The van der Waals surface area contributed by atoms with Crippen molar-refractivity contribution in [1.82, 2.24) is 9.80 Å². The molecule has 0 fully saturated rings. The molecule has 0 bridgehead atoms. The Balaban J connectivity index is 2.98. The summed E-state index contributed by atoms with van der Waals surface area (Å²) in [6.07, 6.45) is 0.625. The summed E-state index contributed by atoms with van der Waals surface area (Å²) in [6, 6.07) is 8.67. The van der Waals surface area contributed by atoms with Gasteiger partial charge in [-0.1, -0.05) is 44.2 Å². The molecule has 0 saturated carbocycles. The van der Waals surface area contributed by atoms with Gasteiger partial charge >= 0.3 is 13.7 Å². The first-order chi connectivity index (χ1) is 15.9. The second kappa shape index (κ2) is 16.2. The van der Waals surface area contributed by atoms with Gasteiger partial charge in [0.1, 0.15) is 12.9 Å². The highest BCUT2D eigenvalue weighted by Crippen LogP contribution is 2.48. The number of hydrogen-bond acceptors (Lipinski definition) is 8. The van der Waals surface area contributed by atoms with Crippen LogP contribution in [0.3, 0.4) is 0 Å². The Morgan fingerprint density at radius 3 is 2.00 bits per heavy atom. The van der Waals surface area contributed by atoms with Gasteiger partial charge < -0.3 is 28.9 Å². The summed E-state index contributed by atoms with van der Waals surface area (Å²) in [6.45, 7) is 8.10. The van der Waals surface area contributed by atoms with E-state index >= 15 is 0 Å². The monoisotopic (exact) mass is 488 g/mol. The Hall–Kier alpha value is -1.48. The number of aliphatic hydroxyl groups is 2. The van der Waals surface area contributed by atoms with Crippen LogP contribution < -0.4 is 0 Å². The number of ether oxygens (including phenoxy) is 1. The molecule has 1 rings (SSSR count). The van der Waals surface area contributed by atoms with Crippen molar-refractivity contribution in [2.24, 2.45) is 0 Å². The van der Waals surface area contributed by atoms with Gasteiger partial charge in [0.15, 0.2) is 0 Å². The van der Waals surface area contributed by atoms with Gasteiger partial charge in [0.2, 0.25) is 0 Å². The Kier molecular flexibility index (Phi) is 14.5. The largest absolute Gasteiger partial charge is 0.445 e. The van der Waals surface area contributed by atoms with E-state index in [0.717, 1.165) is 5.56 Å². The van der Waals surface area contributed by atoms with Crippen LogP contribution in [0.4, 0.5) is 4.79 Å². The molecule has 0 radical (unpaired) electrons. The van der Waals surface area contributed by atoms with Crippen LogP contribution >= 0.6 is 7.60 Å². The maximum Gasteiger partial charge on any atom is 0.410 e. The van der Waals surface area contributed by atoms with E-state index in [2.05, 4.69) is 0 Å². The molecular weight excluding hydrogens is 447 g/mol. The number of aliphatic hydroxyl groups excluding tert-OH is 2. The lowest BCUT2D eigenvalue weighted by atomic mass is 10.2. The molecule has 1 aromatic rings. The molecule has 0 aliphatic carbocycles. The normalized spacial score (nSPS) is 13.7. The standard InChI is InChI=1S/C23H41N2O7P/c1-5-21(16-26)24(19-33(29,31-7-3)32-8-4)14-15-25(22(6-2)17-27)23(28)30-18-20-12-10-9-11-13-20/h9-13,21-22,26-27H,5-8,14-19H2,1-4H3/t21-,22-/m0/s1. The van der Waals surface area contributed by atoms with Crippen LogP contribution in [0, 0.1) is 0 Å². The molecule has 190 valence electrons. The van der Waals surface area contributed by atoms with E-state index < -0.39 is 19.7 Å². The zero-order valence-electron chi connectivity index (χ0n) is 20.4. The van der Waals surface area contributed by atoms with Gasteiger partial charge in [-0.3, -0.25) is 9.46 Å². The molecule has 0 saturated heterocycles. The second-order valence-electron chi connectivity index (χ2n) is 7.62. The second-order valence-corrected chi connectivity index (χ2v) is 9.64. The number of carbonyl (C=O) groups excluding carboxylic acids is 1. The zero-order valence-corrected chi connectivity index (χ0v) is 21.3. The Bertz CT molecular complexity index is 689. The summed E-state index contributed by atoms with van der Waals surface area (Å²) in [4.78, 5) is 16.2. The summed E-state index contributed by atoms with van der Waals surface area (Å²) in [7, 11) is -3.40. The van der Waals surface area contributed by atoms with Crippen molar-refractivity contribution in [3.8, 4) is 0 Å². The van der Waals surface area contributed by atoms with Crippen LogP contribution in [0.5, 0.6) is 0 Å². The third kappa shape index (κ3) is 10.1. The highest BCUT2D eigenvalue weighted by Gasteiger charge is 2.32. The van der Waals surface area contributed by atoms with E-state index in [4.69, 9.17) is 13.8 Å². The summed E-state index contributed by atoms with van der Waals surface area (Å²) in [5, 5.41) is 19.7. The van der Waals surface area contributed by atoms with Gasteiger partial charge in [-0.05, 0) is 32.3 Å². The topological polar surface area (TPSA) is 109 Å². The van der Waals surface area contributed by atoms with Crippen molar-refractivity contribution < 1.29 is 33.4 Å². The minimum absolute atomic E-state index is 0.00341. The molecular formula is C23H41N2O7P. The molecule has 2 N–H and O–H groups in total. The average Bonchev–Trinajstić information content (AvgIpc) is 2.81. The van der Waals surface area contributed by atoms with Gasteiger partial charge in [0.05, 0.1) is 32.5 Å². The van der Waals surface area contributed by atoms with Crippen LogP contribution in [-0.4, -0.2) is 84.0 Å². The van der Waals surface area contributed by atoms with Crippen LogP contribution in [0.1, 0.15) is 46.1 Å². The quantitative estimate of drug-likeness (QED) is 0.320. The minimum atomic E-state index is -3.40. The summed E-state index contributed by atoms with van der Waals surface area (Å²) < 4.78 is 29.5. The maximum absolute atomic E-state index is 13.1. The lowest BCUT2D eigenvalue weighted by Gasteiger charge is -2.35. The van der Waals surface area contributed by atoms with Crippen molar-refractivity contribution in [2.45, 2.75) is 59.2 Å². The molecule has 0 aliphatic heterocycles. The van der Waals surface area contributed by atoms with Crippen molar-refractivity contribution in [3.63, 3.8) is 0 Å². The highest BCUT2D eigenvalue weighted by atomic mass is 31.2. The summed E-state index contributed by atoms with van der Waals surface area (Å²) in [5.74, 6) is 0.